The largest absolute Gasteiger partial charge is 0.347 e. The second kappa shape index (κ2) is 5.79. The maximum atomic E-state index is 11.9. The molecule has 3 N–H and O–H groups in total. The van der Waals surface area contributed by atoms with Gasteiger partial charge in [-0.3, -0.25) is 9.20 Å². The lowest BCUT2D eigenvalue weighted by Gasteiger charge is -2.17. The number of nitrogens with two attached hydrogens (primary N) is 1. The van der Waals surface area contributed by atoms with Crippen molar-refractivity contribution in [3.05, 3.63) is 30.2 Å². The predicted octanol–water partition coefficient (Wildman–Crippen LogP) is 0.719. The highest BCUT2D eigenvalue weighted by molar-refractivity contribution is 5.81. The normalized spacial score (nSPS) is 14.3. The number of hydrogen-bond donors (Lipinski definition) is 2. The van der Waals surface area contributed by atoms with E-state index < -0.39 is 6.04 Å². The molecule has 0 radical (unpaired) electrons. The van der Waals surface area contributed by atoms with Gasteiger partial charge >= 0.3 is 0 Å². The minimum Gasteiger partial charge on any atom is -0.347 e. The van der Waals surface area contributed by atoms with Crippen LogP contribution in [-0.2, 0) is 11.3 Å². The Labute approximate surface area is 112 Å². The molecule has 0 saturated carbocycles. The fraction of sp³-hybridized carbons (Fsp3) is 0.462. The Morgan fingerprint density at radius 3 is 3.00 bits per heavy atom. The zero-order valence-electron chi connectivity index (χ0n) is 11.2. The van der Waals surface area contributed by atoms with Crippen LogP contribution in [0.2, 0.25) is 0 Å². The van der Waals surface area contributed by atoms with E-state index in [-0.39, 0.29) is 11.8 Å². The van der Waals surface area contributed by atoms with Gasteiger partial charge in [-0.1, -0.05) is 26.3 Å². The van der Waals surface area contributed by atoms with Crippen LogP contribution in [0.5, 0.6) is 0 Å². The van der Waals surface area contributed by atoms with Crippen molar-refractivity contribution in [3.63, 3.8) is 0 Å². The maximum Gasteiger partial charge on any atom is 0.237 e. The molecule has 2 aromatic heterocycles. The highest BCUT2D eigenvalue weighted by atomic mass is 16.2. The molecule has 2 heterocycles. The molecule has 2 atom stereocenters. The first-order valence-corrected chi connectivity index (χ1v) is 6.45. The molecule has 2 rings (SSSR count). The number of fused-ring (bicyclic) bond motifs is 1. The Morgan fingerprint density at radius 2 is 2.26 bits per heavy atom. The van der Waals surface area contributed by atoms with Crippen molar-refractivity contribution in [2.24, 2.45) is 11.7 Å². The van der Waals surface area contributed by atoms with Crippen molar-refractivity contribution in [3.8, 4) is 0 Å². The third-order valence-corrected chi connectivity index (χ3v) is 3.36. The van der Waals surface area contributed by atoms with Gasteiger partial charge in [0.2, 0.25) is 5.91 Å². The van der Waals surface area contributed by atoms with Gasteiger partial charge in [0.25, 0.3) is 0 Å². The van der Waals surface area contributed by atoms with E-state index in [2.05, 4.69) is 15.5 Å². The summed E-state index contributed by atoms with van der Waals surface area (Å²) in [5, 5.41) is 10.9. The Morgan fingerprint density at radius 1 is 1.47 bits per heavy atom. The van der Waals surface area contributed by atoms with Gasteiger partial charge in [-0.2, -0.15) is 0 Å². The molecular formula is C13H19N5O. The molecule has 1 unspecified atom stereocenters. The number of amides is 1. The lowest BCUT2D eigenvalue weighted by molar-refractivity contribution is -0.123. The topological polar surface area (TPSA) is 85.3 Å². The first-order chi connectivity index (χ1) is 9.13. The van der Waals surface area contributed by atoms with Crippen molar-refractivity contribution in [1.29, 1.82) is 0 Å². The summed E-state index contributed by atoms with van der Waals surface area (Å²) in [4.78, 5) is 11.9. The zero-order chi connectivity index (χ0) is 13.8. The SMILES string of the molecule is CCC(C)[C@H](N)C(=O)NCc1nnc2ccccn12. The van der Waals surface area contributed by atoms with Gasteiger partial charge in [0, 0.05) is 6.20 Å². The summed E-state index contributed by atoms with van der Waals surface area (Å²) in [6.45, 7) is 4.31. The van der Waals surface area contributed by atoms with Gasteiger partial charge in [-0.15, -0.1) is 10.2 Å². The number of pyridine rings is 1. The highest BCUT2D eigenvalue weighted by Gasteiger charge is 2.19. The minimum absolute atomic E-state index is 0.151. The smallest absolute Gasteiger partial charge is 0.237 e. The van der Waals surface area contributed by atoms with Crippen LogP contribution in [0, 0.1) is 5.92 Å². The predicted molar refractivity (Wildman–Crippen MR) is 72.3 cm³/mol. The maximum absolute atomic E-state index is 11.9. The molecular weight excluding hydrogens is 242 g/mol. The van der Waals surface area contributed by atoms with E-state index in [4.69, 9.17) is 5.73 Å². The van der Waals surface area contributed by atoms with Crippen LogP contribution in [-0.4, -0.2) is 26.5 Å². The fourth-order valence-corrected chi connectivity index (χ4v) is 1.81. The number of aromatic nitrogens is 3. The Kier molecular flexibility index (Phi) is 4.11. The van der Waals surface area contributed by atoms with Gasteiger partial charge in [0.05, 0.1) is 12.6 Å². The molecule has 6 heteroatoms. The van der Waals surface area contributed by atoms with E-state index in [1.54, 1.807) is 0 Å². The lowest BCUT2D eigenvalue weighted by Crippen LogP contribution is -2.44. The van der Waals surface area contributed by atoms with E-state index >= 15 is 0 Å². The lowest BCUT2D eigenvalue weighted by atomic mass is 9.99. The molecule has 0 bridgehead atoms. The molecule has 0 fully saturated rings. The summed E-state index contributed by atoms with van der Waals surface area (Å²) in [6.07, 6.45) is 2.74. The monoisotopic (exact) mass is 261 g/mol. The molecule has 1 amide bonds. The second-order valence-electron chi connectivity index (χ2n) is 4.67. The first-order valence-electron chi connectivity index (χ1n) is 6.45. The number of nitrogens with zero attached hydrogens (tertiary/aromatic N) is 3. The number of hydrogen-bond acceptors (Lipinski definition) is 4. The summed E-state index contributed by atoms with van der Waals surface area (Å²) in [7, 11) is 0. The van der Waals surface area contributed by atoms with Crippen LogP contribution >= 0.6 is 0 Å². The van der Waals surface area contributed by atoms with Crippen molar-refractivity contribution in [2.45, 2.75) is 32.9 Å². The number of carbonyl (C=O) groups is 1. The van der Waals surface area contributed by atoms with E-state index in [0.717, 1.165) is 12.1 Å². The molecule has 6 nitrogen and oxygen atoms in total. The third-order valence-electron chi connectivity index (χ3n) is 3.36. The van der Waals surface area contributed by atoms with Crippen molar-refractivity contribution in [1.82, 2.24) is 19.9 Å². The van der Waals surface area contributed by atoms with Crippen LogP contribution in [0.15, 0.2) is 24.4 Å². The quantitative estimate of drug-likeness (QED) is 0.830. The fourth-order valence-electron chi connectivity index (χ4n) is 1.81. The zero-order valence-corrected chi connectivity index (χ0v) is 11.2. The molecule has 0 aromatic carbocycles. The van der Waals surface area contributed by atoms with Crippen molar-refractivity contribution < 1.29 is 4.79 Å². The van der Waals surface area contributed by atoms with Gasteiger partial charge in [-0.25, -0.2) is 0 Å². The average Bonchev–Trinajstić information content (AvgIpc) is 2.86. The third kappa shape index (κ3) is 2.90. The minimum atomic E-state index is -0.482. The van der Waals surface area contributed by atoms with E-state index in [9.17, 15) is 4.79 Å². The Bertz CT molecular complexity index is 565. The first kappa shape index (κ1) is 13.5. The van der Waals surface area contributed by atoms with Gasteiger partial charge in [-0.05, 0) is 18.1 Å². The highest BCUT2D eigenvalue weighted by Crippen LogP contribution is 2.06. The molecule has 102 valence electrons. The summed E-state index contributed by atoms with van der Waals surface area (Å²) >= 11 is 0. The standard InChI is InChI=1S/C13H19N5O/c1-3-9(2)12(14)13(19)15-8-11-17-16-10-6-4-5-7-18(10)11/h4-7,9,12H,3,8,14H2,1-2H3,(H,15,19)/t9?,12-/m0/s1. The second-order valence-corrected chi connectivity index (χ2v) is 4.67. The molecule has 2 aromatic rings. The van der Waals surface area contributed by atoms with Crippen LogP contribution in [0.25, 0.3) is 5.65 Å². The van der Waals surface area contributed by atoms with Crippen LogP contribution < -0.4 is 11.1 Å². The summed E-state index contributed by atoms with van der Waals surface area (Å²) in [6, 6.07) is 5.17. The average molecular weight is 261 g/mol. The van der Waals surface area contributed by atoms with Crippen molar-refractivity contribution >= 4 is 11.6 Å². The number of carbonyl (C=O) groups excluding carboxylic acids is 1. The molecule has 0 aliphatic heterocycles. The molecule has 0 aliphatic rings. The van der Waals surface area contributed by atoms with Gasteiger partial charge in [0.1, 0.15) is 0 Å². The number of rotatable bonds is 5. The van der Waals surface area contributed by atoms with Crippen LogP contribution in [0.1, 0.15) is 26.1 Å². The molecule has 19 heavy (non-hydrogen) atoms. The van der Waals surface area contributed by atoms with E-state index in [1.807, 2.05) is 42.6 Å². The Hall–Kier alpha value is -1.95. The van der Waals surface area contributed by atoms with Crippen LogP contribution in [0.4, 0.5) is 0 Å². The van der Waals surface area contributed by atoms with Crippen LogP contribution in [0.3, 0.4) is 0 Å². The number of nitrogens with one attached hydrogen (secondary N) is 1. The summed E-state index contributed by atoms with van der Waals surface area (Å²) in [5.74, 6) is 0.706. The molecule has 0 spiro atoms. The summed E-state index contributed by atoms with van der Waals surface area (Å²) < 4.78 is 1.84. The van der Waals surface area contributed by atoms with Crippen molar-refractivity contribution in [2.75, 3.05) is 0 Å². The Balaban J connectivity index is 2.01. The van der Waals surface area contributed by atoms with E-state index in [1.165, 1.54) is 0 Å². The summed E-state index contributed by atoms with van der Waals surface area (Å²) in [5.41, 5.74) is 6.63. The van der Waals surface area contributed by atoms with E-state index in [0.29, 0.717) is 12.4 Å². The van der Waals surface area contributed by atoms with Gasteiger partial charge < -0.3 is 11.1 Å². The molecule has 0 aliphatic carbocycles. The molecule has 0 saturated heterocycles. The van der Waals surface area contributed by atoms with Gasteiger partial charge in [0.15, 0.2) is 11.5 Å².